The lowest BCUT2D eigenvalue weighted by atomic mass is 10.0. The number of ether oxygens (including phenoxy) is 1. The van der Waals surface area contributed by atoms with E-state index in [1.54, 1.807) is 6.07 Å². The van der Waals surface area contributed by atoms with E-state index in [0.717, 1.165) is 38.2 Å². The van der Waals surface area contributed by atoms with Gasteiger partial charge in [-0.1, -0.05) is 25.1 Å². The zero-order valence-electron chi connectivity index (χ0n) is 10.8. The van der Waals surface area contributed by atoms with Crippen molar-refractivity contribution in [1.29, 1.82) is 0 Å². The molecular formula is C15H20FNO. The summed E-state index contributed by atoms with van der Waals surface area (Å²) in [5.74, 6) is 0.681. The van der Waals surface area contributed by atoms with Crippen molar-refractivity contribution in [3.8, 4) is 0 Å². The third kappa shape index (κ3) is 3.10. The van der Waals surface area contributed by atoms with E-state index in [0.29, 0.717) is 5.56 Å². The fraction of sp³-hybridized carbons (Fsp3) is 0.467. The molecule has 0 aromatic heterocycles. The molecule has 0 fully saturated rings. The molecule has 0 saturated carbocycles. The van der Waals surface area contributed by atoms with Crippen molar-refractivity contribution in [3.63, 3.8) is 0 Å². The minimum atomic E-state index is -0.179. The van der Waals surface area contributed by atoms with Crippen LogP contribution in [0.2, 0.25) is 0 Å². The molecule has 98 valence electrons. The van der Waals surface area contributed by atoms with Gasteiger partial charge >= 0.3 is 0 Å². The first-order valence-corrected chi connectivity index (χ1v) is 6.63. The first-order valence-electron chi connectivity index (χ1n) is 6.63. The number of hydrogen-bond acceptors (Lipinski definition) is 2. The summed E-state index contributed by atoms with van der Waals surface area (Å²) in [5.41, 5.74) is 0.666. The lowest BCUT2D eigenvalue weighted by molar-refractivity contribution is 0.166. The van der Waals surface area contributed by atoms with Gasteiger partial charge in [0.1, 0.15) is 11.6 Å². The highest BCUT2D eigenvalue weighted by atomic mass is 19.1. The Morgan fingerprint density at radius 2 is 2.22 bits per heavy atom. The lowest BCUT2D eigenvalue weighted by Crippen LogP contribution is -2.27. The summed E-state index contributed by atoms with van der Waals surface area (Å²) in [5, 5.41) is 3.36. The number of nitrogens with one attached hydrogen (secondary N) is 1. The van der Waals surface area contributed by atoms with Gasteiger partial charge in [0.05, 0.1) is 12.6 Å². The molecule has 0 aliphatic carbocycles. The molecule has 1 unspecified atom stereocenters. The van der Waals surface area contributed by atoms with Gasteiger partial charge in [-0.3, -0.25) is 0 Å². The molecule has 2 nitrogen and oxygen atoms in total. The standard InChI is InChI=1S/C15H20FNO/c1-2-10-17-15(14-9-5-6-11-18-14)12-7-3-4-8-13(12)16/h3-4,7-9,15,17H,2,5-6,10-11H2,1H3. The summed E-state index contributed by atoms with van der Waals surface area (Å²) >= 11 is 0. The maximum Gasteiger partial charge on any atom is 0.128 e. The van der Waals surface area contributed by atoms with Gasteiger partial charge in [-0.15, -0.1) is 0 Å². The highest BCUT2D eigenvalue weighted by Crippen LogP contribution is 2.27. The average Bonchev–Trinajstić information content (AvgIpc) is 2.42. The van der Waals surface area contributed by atoms with Crippen molar-refractivity contribution in [3.05, 3.63) is 47.5 Å². The predicted octanol–water partition coefficient (Wildman–Crippen LogP) is 3.56. The van der Waals surface area contributed by atoms with Crippen molar-refractivity contribution >= 4 is 0 Å². The molecule has 1 aromatic carbocycles. The van der Waals surface area contributed by atoms with Gasteiger partial charge in [-0.2, -0.15) is 0 Å². The van der Waals surface area contributed by atoms with Crippen LogP contribution in [0.5, 0.6) is 0 Å². The van der Waals surface area contributed by atoms with Crippen LogP contribution in [0.1, 0.15) is 37.8 Å². The van der Waals surface area contributed by atoms with Crippen molar-refractivity contribution < 1.29 is 9.13 Å². The Morgan fingerprint density at radius 1 is 1.39 bits per heavy atom. The summed E-state index contributed by atoms with van der Waals surface area (Å²) in [6.07, 6.45) is 5.14. The molecule has 1 N–H and O–H groups in total. The monoisotopic (exact) mass is 249 g/mol. The normalized spacial score (nSPS) is 16.9. The van der Waals surface area contributed by atoms with E-state index in [1.165, 1.54) is 6.07 Å². The predicted molar refractivity (Wildman–Crippen MR) is 70.7 cm³/mol. The van der Waals surface area contributed by atoms with Crippen molar-refractivity contribution in [2.24, 2.45) is 0 Å². The Labute approximate surface area is 108 Å². The Balaban J connectivity index is 2.24. The largest absolute Gasteiger partial charge is 0.496 e. The fourth-order valence-corrected chi connectivity index (χ4v) is 2.14. The third-order valence-corrected chi connectivity index (χ3v) is 3.06. The van der Waals surface area contributed by atoms with Gasteiger partial charge in [-0.25, -0.2) is 4.39 Å². The Hall–Kier alpha value is -1.35. The summed E-state index contributed by atoms with van der Waals surface area (Å²) in [6.45, 7) is 3.67. The van der Waals surface area contributed by atoms with E-state index < -0.39 is 0 Å². The van der Waals surface area contributed by atoms with Crippen LogP contribution in [0.25, 0.3) is 0 Å². The van der Waals surface area contributed by atoms with Crippen LogP contribution >= 0.6 is 0 Å². The van der Waals surface area contributed by atoms with E-state index >= 15 is 0 Å². The molecule has 1 aliphatic rings. The van der Waals surface area contributed by atoms with Crippen LogP contribution < -0.4 is 5.32 Å². The van der Waals surface area contributed by atoms with Gasteiger partial charge in [0.2, 0.25) is 0 Å². The van der Waals surface area contributed by atoms with E-state index in [1.807, 2.05) is 12.1 Å². The van der Waals surface area contributed by atoms with Gasteiger partial charge in [0.25, 0.3) is 0 Å². The third-order valence-electron chi connectivity index (χ3n) is 3.06. The summed E-state index contributed by atoms with van der Waals surface area (Å²) in [7, 11) is 0. The van der Waals surface area contributed by atoms with Crippen LogP contribution in [0.3, 0.4) is 0 Å². The molecule has 0 spiro atoms. The quantitative estimate of drug-likeness (QED) is 0.861. The number of rotatable bonds is 5. The molecule has 18 heavy (non-hydrogen) atoms. The van der Waals surface area contributed by atoms with Crippen LogP contribution in [-0.2, 0) is 4.74 Å². The van der Waals surface area contributed by atoms with E-state index in [9.17, 15) is 4.39 Å². The maximum absolute atomic E-state index is 13.9. The molecule has 1 heterocycles. The summed E-state index contributed by atoms with van der Waals surface area (Å²) < 4.78 is 19.6. The Bertz CT molecular complexity index is 417. The second kappa shape index (κ2) is 6.55. The molecule has 2 rings (SSSR count). The van der Waals surface area contributed by atoms with Gasteiger partial charge in [0, 0.05) is 5.56 Å². The van der Waals surface area contributed by atoms with Crippen molar-refractivity contribution in [2.75, 3.05) is 13.2 Å². The zero-order valence-corrected chi connectivity index (χ0v) is 10.8. The van der Waals surface area contributed by atoms with Crippen molar-refractivity contribution in [2.45, 2.75) is 32.2 Å². The minimum absolute atomic E-state index is 0.161. The number of halogens is 1. The second-order valence-electron chi connectivity index (χ2n) is 4.51. The average molecular weight is 249 g/mol. The van der Waals surface area contributed by atoms with Crippen molar-refractivity contribution in [1.82, 2.24) is 5.32 Å². The molecule has 1 atom stereocenters. The first-order chi connectivity index (χ1) is 8.83. The van der Waals surface area contributed by atoms with Gasteiger partial charge in [-0.05, 0) is 37.9 Å². The molecule has 1 aromatic rings. The van der Waals surface area contributed by atoms with Crippen LogP contribution in [0, 0.1) is 5.82 Å². The molecular weight excluding hydrogens is 229 g/mol. The Kier molecular flexibility index (Phi) is 4.76. The molecule has 0 radical (unpaired) electrons. The van der Waals surface area contributed by atoms with Crippen LogP contribution in [0.4, 0.5) is 4.39 Å². The van der Waals surface area contributed by atoms with Crippen LogP contribution in [-0.4, -0.2) is 13.2 Å². The molecule has 1 aliphatic heterocycles. The maximum atomic E-state index is 13.9. The molecule has 0 amide bonds. The SMILES string of the molecule is CCCNC(C1=CCCCO1)c1ccccc1F. The lowest BCUT2D eigenvalue weighted by Gasteiger charge is -2.25. The highest BCUT2D eigenvalue weighted by molar-refractivity contribution is 5.27. The van der Waals surface area contributed by atoms with Gasteiger partial charge < -0.3 is 10.1 Å². The van der Waals surface area contributed by atoms with Crippen LogP contribution in [0.15, 0.2) is 36.1 Å². The molecule has 3 heteroatoms. The summed E-state index contributed by atoms with van der Waals surface area (Å²) in [4.78, 5) is 0. The van der Waals surface area contributed by atoms with E-state index in [4.69, 9.17) is 4.74 Å². The van der Waals surface area contributed by atoms with Gasteiger partial charge in [0.15, 0.2) is 0 Å². The van der Waals surface area contributed by atoms with E-state index in [-0.39, 0.29) is 11.9 Å². The second-order valence-corrected chi connectivity index (χ2v) is 4.51. The smallest absolute Gasteiger partial charge is 0.128 e. The number of allylic oxidation sites excluding steroid dienone is 1. The molecule has 0 bridgehead atoms. The zero-order chi connectivity index (χ0) is 12.8. The topological polar surface area (TPSA) is 21.3 Å². The number of benzene rings is 1. The number of hydrogen-bond donors (Lipinski definition) is 1. The molecule has 0 saturated heterocycles. The summed E-state index contributed by atoms with van der Waals surface area (Å²) in [6, 6.07) is 6.74. The minimum Gasteiger partial charge on any atom is -0.496 e. The Morgan fingerprint density at radius 3 is 2.89 bits per heavy atom. The first kappa shape index (κ1) is 13.1. The fourth-order valence-electron chi connectivity index (χ4n) is 2.14. The van der Waals surface area contributed by atoms with E-state index in [2.05, 4.69) is 18.3 Å². The highest BCUT2D eigenvalue weighted by Gasteiger charge is 2.21.